The molecule has 1 aliphatic carbocycles. The molecule has 1 aliphatic rings. The maximum Gasteiger partial charge on any atom is 0.306 e. The van der Waals surface area contributed by atoms with Crippen LogP contribution in [0.15, 0.2) is 25.3 Å². The second-order valence-corrected chi connectivity index (χ2v) is 6.64. The van der Waals surface area contributed by atoms with Crippen LogP contribution in [0.3, 0.4) is 0 Å². The summed E-state index contributed by atoms with van der Waals surface area (Å²) in [6, 6.07) is 0.888. The largest absolute Gasteiger partial charge is 0.481 e. The summed E-state index contributed by atoms with van der Waals surface area (Å²) in [6.07, 6.45) is 7.40. The molecule has 1 rings (SSSR count). The van der Waals surface area contributed by atoms with Crippen molar-refractivity contribution in [3.05, 3.63) is 25.3 Å². The first-order valence-corrected chi connectivity index (χ1v) is 8.41. The van der Waals surface area contributed by atoms with Crippen molar-refractivity contribution in [1.29, 1.82) is 0 Å². The van der Waals surface area contributed by atoms with E-state index in [-0.39, 0.29) is 5.92 Å². The second kappa shape index (κ2) is 9.80. The summed E-state index contributed by atoms with van der Waals surface area (Å²) >= 11 is 0. The molecular formula is C18H32N2O2. The third-order valence-corrected chi connectivity index (χ3v) is 4.66. The fourth-order valence-corrected chi connectivity index (χ4v) is 3.30. The van der Waals surface area contributed by atoms with Crippen LogP contribution in [0, 0.1) is 11.8 Å². The van der Waals surface area contributed by atoms with Gasteiger partial charge in [0.2, 0.25) is 0 Å². The lowest BCUT2D eigenvalue weighted by Gasteiger charge is -2.35. The standard InChI is InChI=1S/C18H32N2O2/c1-5-11-20(12-6-2)17(14(3)4)13-19-16-9-7-15(8-10-16)18(21)22/h5-6,14-17,19H,1-2,7-13H2,3-4H3,(H,21,22). The SMILES string of the molecule is C=CCN(CC=C)C(CNC1CCC(C(=O)O)CC1)C(C)C. The van der Waals surface area contributed by atoms with Gasteiger partial charge in [0.05, 0.1) is 5.92 Å². The first-order chi connectivity index (χ1) is 10.5. The topological polar surface area (TPSA) is 52.6 Å². The van der Waals surface area contributed by atoms with Gasteiger partial charge in [-0.05, 0) is 31.6 Å². The molecule has 0 aliphatic heterocycles. The third kappa shape index (κ3) is 5.93. The molecule has 0 saturated heterocycles. The van der Waals surface area contributed by atoms with E-state index in [1.54, 1.807) is 0 Å². The highest BCUT2D eigenvalue weighted by Crippen LogP contribution is 2.24. The summed E-state index contributed by atoms with van der Waals surface area (Å²) in [6.45, 7) is 14.8. The molecule has 0 aromatic carbocycles. The van der Waals surface area contributed by atoms with Crippen molar-refractivity contribution in [3.63, 3.8) is 0 Å². The Bertz CT molecular complexity index is 350. The monoisotopic (exact) mass is 308 g/mol. The van der Waals surface area contributed by atoms with Crippen LogP contribution in [0.1, 0.15) is 39.5 Å². The Morgan fingerprint density at radius 1 is 1.23 bits per heavy atom. The minimum absolute atomic E-state index is 0.142. The van der Waals surface area contributed by atoms with Crippen LogP contribution in [-0.2, 0) is 4.79 Å². The van der Waals surface area contributed by atoms with Crippen molar-refractivity contribution < 1.29 is 9.90 Å². The number of nitrogens with zero attached hydrogens (tertiary/aromatic N) is 1. The highest BCUT2D eigenvalue weighted by Gasteiger charge is 2.27. The molecule has 1 fully saturated rings. The number of rotatable bonds is 10. The van der Waals surface area contributed by atoms with Gasteiger partial charge in [0, 0.05) is 31.7 Å². The molecule has 0 amide bonds. The lowest BCUT2D eigenvalue weighted by Crippen LogP contribution is -2.48. The normalized spacial score (nSPS) is 23.5. The van der Waals surface area contributed by atoms with Gasteiger partial charge in [-0.25, -0.2) is 0 Å². The van der Waals surface area contributed by atoms with Gasteiger partial charge in [-0.2, -0.15) is 0 Å². The van der Waals surface area contributed by atoms with Crippen LogP contribution in [0.4, 0.5) is 0 Å². The van der Waals surface area contributed by atoms with E-state index in [0.29, 0.717) is 18.0 Å². The van der Waals surface area contributed by atoms with E-state index in [9.17, 15) is 4.79 Å². The van der Waals surface area contributed by atoms with Gasteiger partial charge < -0.3 is 10.4 Å². The molecule has 0 spiro atoms. The average molecular weight is 308 g/mol. The Kier molecular flexibility index (Phi) is 8.43. The molecule has 1 unspecified atom stereocenters. The molecule has 1 saturated carbocycles. The van der Waals surface area contributed by atoms with E-state index in [1.165, 1.54) is 0 Å². The van der Waals surface area contributed by atoms with Crippen molar-refractivity contribution in [1.82, 2.24) is 10.2 Å². The van der Waals surface area contributed by atoms with Gasteiger partial charge in [0.25, 0.3) is 0 Å². The number of carboxylic acid groups (broad SMARTS) is 1. The number of hydrogen-bond acceptors (Lipinski definition) is 3. The summed E-state index contributed by atoms with van der Waals surface area (Å²) in [7, 11) is 0. The Labute approximate surface area is 135 Å². The minimum atomic E-state index is -0.637. The van der Waals surface area contributed by atoms with E-state index in [1.807, 2.05) is 12.2 Å². The first kappa shape index (κ1) is 18.9. The predicted octanol–water partition coefficient (Wildman–Crippen LogP) is 2.92. The molecule has 0 aromatic rings. The Hall–Kier alpha value is -1.13. The van der Waals surface area contributed by atoms with E-state index in [0.717, 1.165) is 45.3 Å². The molecule has 22 heavy (non-hydrogen) atoms. The van der Waals surface area contributed by atoms with Crippen LogP contribution in [0.25, 0.3) is 0 Å². The first-order valence-electron chi connectivity index (χ1n) is 8.41. The molecule has 2 N–H and O–H groups in total. The fourth-order valence-electron chi connectivity index (χ4n) is 3.30. The third-order valence-electron chi connectivity index (χ3n) is 4.66. The Balaban J connectivity index is 2.49. The maximum atomic E-state index is 11.0. The number of hydrogen-bond donors (Lipinski definition) is 2. The van der Waals surface area contributed by atoms with Gasteiger partial charge in [0.15, 0.2) is 0 Å². The van der Waals surface area contributed by atoms with Gasteiger partial charge in [-0.1, -0.05) is 26.0 Å². The molecule has 0 bridgehead atoms. The predicted molar refractivity (Wildman–Crippen MR) is 92.0 cm³/mol. The number of nitrogens with one attached hydrogen (secondary N) is 1. The van der Waals surface area contributed by atoms with Gasteiger partial charge >= 0.3 is 5.97 Å². The zero-order valence-corrected chi connectivity index (χ0v) is 14.1. The zero-order chi connectivity index (χ0) is 16.5. The van der Waals surface area contributed by atoms with Crippen molar-refractivity contribution in [2.24, 2.45) is 11.8 Å². The number of aliphatic carboxylic acids is 1. The highest BCUT2D eigenvalue weighted by atomic mass is 16.4. The van der Waals surface area contributed by atoms with E-state index < -0.39 is 5.97 Å². The maximum absolute atomic E-state index is 11.0. The molecule has 126 valence electrons. The molecule has 4 nitrogen and oxygen atoms in total. The number of carboxylic acids is 1. The van der Waals surface area contributed by atoms with Crippen LogP contribution < -0.4 is 5.32 Å². The van der Waals surface area contributed by atoms with E-state index in [2.05, 4.69) is 37.2 Å². The average Bonchev–Trinajstić information content (AvgIpc) is 2.48. The lowest BCUT2D eigenvalue weighted by atomic mass is 9.86. The summed E-state index contributed by atoms with van der Waals surface area (Å²) in [5, 5.41) is 12.7. The van der Waals surface area contributed by atoms with Crippen molar-refractivity contribution in [3.8, 4) is 0 Å². The number of carbonyl (C=O) groups is 1. The molecule has 0 heterocycles. The van der Waals surface area contributed by atoms with Crippen LogP contribution >= 0.6 is 0 Å². The van der Waals surface area contributed by atoms with Crippen molar-refractivity contribution in [2.45, 2.75) is 51.6 Å². The van der Waals surface area contributed by atoms with Crippen LogP contribution in [0.5, 0.6) is 0 Å². The highest BCUT2D eigenvalue weighted by molar-refractivity contribution is 5.70. The van der Waals surface area contributed by atoms with Gasteiger partial charge in [-0.3, -0.25) is 9.69 Å². The van der Waals surface area contributed by atoms with Crippen LogP contribution in [0.2, 0.25) is 0 Å². The van der Waals surface area contributed by atoms with Crippen molar-refractivity contribution >= 4 is 5.97 Å². The molecule has 4 heteroatoms. The van der Waals surface area contributed by atoms with E-state index >= 15 is 0 Å². The summed E-state index contributed by atoms with van der Waals surface area (Å²) in [5.74, 6) is -0.235. The van der Waals surface area contributed by atoms with Gasteiger partial charge in [0.1, 0.15) is 0 Å². The summed E-state index contributed by atoms with van der Waals surface area (Å²) < 4.78 is 0. The summed E-state index contributed by atoms with van der Waals surface area (Å²) in [4.78, 5) is 13.4. The van der Waals surface area contributed by atoms with Gasteiger partial charge in [-0.15, -0.1) is 13.2 Å². The Morgan fingerprint density at radius 2 is 1.77 bits per heavy atom. The Morgan fingerprint density at radius 3 is 2.18 bits per heavy atom. The second-order valence-electron chi connectivity index (χ2n) is 6.64. The fraction of sp³-hybridized carbons (Fsp3) is 0.722. The zero-order valence-electron chi connectivity index (χ0n) is 14.1. The lowest BCUT2D eigenvalue weighted by molar-refractivity contribution is -0.142. The molecule has 0 aromatic heterocycles. The van der Waals surface area contributed by atoms with Crippen LogP contribution in [-0.4, -0.2) is 47.7 Å². The smallest absolute Gasteiger partial charge is 0.306 e. The molecular weight excluding hydrogens is 276 g/mol. The minimum Gasteiger partial charge on any atom is -0.481 e. The van der Waals surface area contributed by atoms with Crippen molar-refractivity contribution in [2.75, 3.05) is 19.6 Å². The van der Waals surface area contributed by atoms with E-state index in [4.69, 9.17) is 5.11 Å². The molecule has 1 atom stereocenters. The summed E-state index contributed by atoms with van der Waals surface area (Å²) in [5.41, 5.74) is 0. The molecule has 0 radical (unpaired) electrons. The quantitative estimate of drug-likeness (QED) is 0.609.